The number of hydrogen-bond donors (Lipinski definition) is 2. The summed E-state index contributed by atoms with van der Waals surface area (Å²) >= 11 is 0. The third-order valence-corrected chi connectivity index (χ3v) is 2.62. The van der Waals surface area contributed by atoms with Gasteiger partial charge in [-0.3, -0.25) is 14.7 Å². The van der Waals surface area contributed by atoms with Crippen LogP contribution in [0.3, 0.4) is 0 Å². The van der Waals surface area contributed by atoms with Crippen molar-refractivity contribution in [3.63, 3.8) is 0 Å². The van der Waals surface area contributed by atoms with Gasteiger partial charge in [-0.2, -0.15) is 5.10 Å². The summed E-state index contributed by atoms with van der Waals surface area (Å²) in [6.45, 7) is 0. The van der Waals surface area contributed by atoms with Gasteiger partial charge >= 0.3 is 5.97 Å². The van der Waals surface area contributed by atoms with E-state index >= 15 is 0 Å². The Balaban J connectivity index is 2.55. The lowest BCUT2D eigenvalue weighted by Gasteiger charge is -2.05. The Bertz CT molecular complexity index is 648. The summed E-state index contributed by atoms with van der Waals surface area (Å²) in [7, 11) is 1.48. The van der Waals surface area contributed by atoms with Crippen molar-refractivity contribution in [3.8, 4) is 5.75 Å². The maximum atomic E-state index is 12.2. The Labute approximate surface area is 102 Å². The second-order valence-corrected chi connectivity index (χ2v) is 3.78. The molecule has 1 aromatic carbocycles. The van der Waals surface area contributed by atoms with Gasteiger partial charge in [0.15, 0.2) is 0 Å². The molecule has 2 aromatic rings. The Morgan fingerprint density at radius 1 is 1.50 bits per heavy atom. The number of H-pyrrole nitrogens is 1. The number of aryl methyl sites for hydroxylation is 1. The molecule has 2 N–H and O–H groups in total. The van der Waals surface area contributed by atoms with E-state index in [0.717, 1.165) is 0 Å². The van der Waals surface area contributed by atoms with Crippen molar-refractivity contribution in [2.45, 2.75) is 12.8 Å². The fourth-order valence-corrected chi connectivity index (χ4v) is 1.75. The molecular formula is C12H12N2O4. The number of fused-ring (bicyclic) bond motifs is 1. The van der Waals surface area contributed by atoms with Crippen LogP contribution in [0, 0.1) is 0 Å². The van der Waals surface area contributed by atoms with E-state index in [1.165, 1.54) is 7.11 Å². The first-order valence-electron chi connectivity index (χ1n) is 5.39. The SMILES string of the molecule is COc1cccc2[nH]nc(CCC(=O)O)c(=O)c12. The lowest BCUT2D eigenvalue weighted by Crippen LogP contribution is -2.15. The second-order valence-electron chi connectivity index (χ2n) is 3.78. The molecule has 1 aromatic heterocycles. The zero-order valence-corrected chi connectivity index (χ0v) is 9.77. The number of nitrogens with one attached hydrogen (secondary N) is 1. The van der Waals surface area contributed by atoms with Crippen LogP contribution in [0.5, 0.6) is 5.75 Å². The summed E-state index contributed by atoms with van der Waals surface area (Å²) in [5.41, 5.74) is 0.482. The van der Waals surface area contributed by atoms with Crippen LogP contribution in [0.25, 0.3) is 10.9 Å². The number of rotatable bonds is 4. The number of carboxylic acids is 1. The smallest absolute Gasteiger partial charge is 0.303 e. The summed E-state index contributed by atoms with van der Waals surface area (Å²) in [6, 6.07) is 5.14. The van der Waals surface area contributed by atoms with E-state index < -0.39 is 5.97 Å². The van der Waals surface area contributed by atoms with E-state index in [1.807, 2.05) is 0 Å². The van der Waals surface area contributed by atoms with Gasteiger partial charge in [0.2, 0.25) is 5.43 Å². The molecule has 0 aliphatic heterocycles. The maximum Gasteiger partial charge on any atom is 0.303 e. The summed E-state index contributed by atoms with van der Waals surface area (Å²) in [5, 5.41) is 15.6. The zero-order valence-electron chi connectivity index (χ0n) is 9.77. The minimum atomic E-state index is -0.962. The van der Waals surface area contributed by atoms with E-state index in [1.54, 1.807) is 18.2 Å². The molecule has 0 bridgehead atoms. The Morgan fingerprint density at radius 2 is 2.28 bits per heavy atom. The topological polar surface area (TPSA) is 92.3 Å². The van der Waals surface area contributed by atoms with Crippen LogP contribution in [0.2, 0.25) is 0 Å². The Kier molecular flexibility index (Phi) is 3.27. The lowest BCUT2D eigenvalue weighted by atomic mass is 10.1. The predicted octanol–water partition coefficient (Wildman–Crippen LogP) is 0.949. The van der Waals surface area contributed by atoms with E-state index in [4.69, 9.17) is 9.84 Å². The summed E-state index contributed by atoms with van der Waals surface area (Å²) < 4.78 is 5.12. The number of carboxylic acid groups (broad SMARTS) is 1. The quantitative estimate of drug-likeness (QED) is 0.840. The first kappa shape index (κ1) is 12.1. The minimum Gasteiger partial charge on any atom is -0.496 e. The first-order chi connectivity index (χ1) is 8.63. The Morgan fingerprint density at radius 3 is 2.94 bits per heavy atom. The van der Waals surface area contributed by atoms with Crippen LogP contribution in [-0.2, 0) is 11.2 Å². The van der Waals surface area contributed by atoms with Crippen molar-refractivity contribution in [3.05, 3.63) is 34.1 Å². The number of nitrogens with zero attached hydrogens (tertiary/aromatic N) is 1. The van der Waals surface area contributed by atoms with Crippen LogP contribution >= 0.6 is 0 Å². The van der Waals surface area contributed by atoms with Crippen LogP contribution in [-0.4, -0.2) is 28.4 Å². The molecule has 1 heterocycles. The standard InChI is InChI=1S/C12H12N2O4/c1-18-9-4-2-3-7-11(9)12(17)8(14-13-7)5-6-10(15)16/h2-4H,5-6H2,1H3,(H,13,17)(H,15,16). The van der Waals surface area contributed by atoms with Gasteiger partial charge in [-0.15, -0.1) is 0 Å². The van der Waals surface area contributed by atoms with Gasteiger partial charge in [-0.1, -0.05) is 6.07 Å². The monoisotopic (exact) mass is 248 g/mol. The molecule has 0 aliphatic rings. The molecule has 0 unspecified atom stereocenters. The molecule has 0 aliphatic carbocycles. The van der Waals surface area contributed by atoms with Crippen LogP contribution in [0.15, 0.2) is 23.0 Å². The molecule has 0 atom stereocenters. The van der Waals surface area contributed by atoms with Gasteiger partial charge in [-0.05, 0) is 12.1 Å². The van der Waals surface area contributed by atoms with Crippen molar-refractivity contribution >= 4 is 16.9 Å². The number of benzene rings is 1. The van der Waals surface area contributed by atoms with Crippen LogP contribution < -0.4 is 10.2 Å². The number of ether oxygens (including phenoxy) is 1. The molecule has 0 saturated heterocycles. The van der Waals surface area contributed by atoms with Gasteiger partial charge in [0, 0.05) is 6.42 Å². The van der Waals surface area contributed by atoms with Crippen molar-refractivity contribution in [1.82, 2.24) is 10.2 Å². The van der Waals surface area contributed by atoms with Gasteiger partial charge in [0.05, 0.1) is 24.4 Å². The maximum absolute atomic E-state index is 12.2. The minimum absolute atomic E-state index is 0.0959. The van der Waals surface area contributed by atoms with Crippen molar-refractivity contribution in [1.29, 1.82) is 0 Å². The summed E-state index contributed by atoms with van der Waals surface area (Å²) in [4.78, 5) is 22.7. The third-order valence-electron chi connectivity index (χ3n) is 2.62. The Hall–Kier alpha value is -2.37. The number of methoxy groups -OCH3 is 1. The summed E-state index contributed by atoms with van der Waals surface area (Å²) in [6.07, 6.45) is -0.0324. The van der Waals surface area contributed by atoms with Gasteiger partial charge < -0.3 is 9.84 Å². The van der Waals surface area contributed by atoms with Crippen molar-refractivity contribution < 1.29 is 14.6 Å². The lowest BCUT2D eigenvalue weighted by molar-refractivity contribution is -0.136. The van der Waals surface area contributed by atoms with E-state index in [0.29, 0.717) is 16.7 Å². The highest BCUT2D eigenvalue weighted by Crippen LogP contribution is 2.20. The second kappa shape index (κ2) is 4.87. The van der Waals surface area contributed by atoms with Crippen molar-refractivity contribution in [2.75, 3.05) is 7.11 Å². The zero-order chi connectivity index (χ0) is 13.1. The van der Waals surface area contributed by atoms with E-state index in [2.05, 4.69) is 10.2 Å². The molecule has 6 nitrogen and oxygen atoms in total. The third kappa shape index (κ3) is 2.17. The van der Waals surface area contributed by atoms with Gasteiger partial charge in [-0.25, -0.2) is 0 Å². The molecule has 0 saturated carbocycles. The highest BCUT2D eigenvalue weighted by Gasteiger charge is 2.12. The molecule has 2 rings (SSSR count). The molecular weight excluding hydrogens is 236 g/mol. The summed E-state index contributed by atoms with van der Waals surface area (Å²) in [5.74, 6) is -0.510. The predicted molar refractivity (Wildman–Crippen MR) is 64.9 cm³/mol. The molecule has 0 spiro atoms. The molecule has 0 amide bonds. The highest BCUT2D eigenvalue weighted by molar-refractivity contribution is 5.84. The molecule has 6 heteroatoms. The molecule has 0 fully saturated rings. The number of aromatic amines is 1. The number of aliphatic carboxylic acids is 1. The highest BCUT2D eigenvalue weighted by atomic mass is 16.5. The van der Waals surface area contributed by atoms with Crippen LogP contribution in [0.4, 0.5) is 0 Å². The van der Waals surface area contributed by atoms with Crippen molar-refractivity contribution in [2.24, 2.45) is 0 Å². The molecule has 0 radical (unpaired) electrons. The fourth-order valence-electron chi connectivity index (χ4n) is 1.75. The first-order valence-corrected chi connectivity index (χ1v) is 5.39. The number of carbonyl (C=O) groups is 1. The average Bonchev–Trinajstić information content (AvgIpc) is 2.37. The molecule has 18 heavy (non-hydrogen) atoms. The number of hydrogen-bond acceptors (Lipinski definition) is 4. The van der Waals surface area contributed by atoms with E-state index in [9.17, 15) is 9.59 Å². The fraction of sp³-hybridized carbons (Fsp3) is 0.250. The largest absolute Gasteiger partial charge is 0.496 e. The van der Waals surface area contributed by atoms with Gasteiger partial charge in [0.25, 0.3) is 0 Å². The van der Waals surface area contributed by atoms with E-state index in [-0.39, 0.29) is 24.0 Å². The van der Waals surface area contributed by atoms with Gasteiger partial charge in [0.1, 0.15) is 11.4 Å². The van der Waals surface area contributed by atoms with Crippen LogP contribution in [0.1, 0.15) is 12.1 Å². The number of aromatic nitrogens is 2. The normalized spacial score (nSPS) is 10.5. The average molecular weight is 248 g/mol. The molecule has 94 valence electrons.